The number of ether oxygens (including phenoxy) is 1. The van der Waals surface area contributed by atoms with E-state index in [0.717, 1.165) is 27.8 Å². The third kappa shape index (κ3) is 4.04. The fraction of sp³-hybridized carbons (Fsp3) is 0.0833. The highest BCUT2D eigenvalue weighted by atomic mass is 16.5. The SMILES string of the molecule is COc1ccc(CNC(=O)c2cccc(-c3cc(O)c4ncccc4c3)c2)cc1. The number of aromatic nitrogens is 1. The molecule has 0 spiro atoms. The molecule has 5 nitrogen and oxygen atoms in total. The normalized spacial score (nSPS) is 10.7. The van der Waals surface area contributed by atoms with Crippen molar-refractivity contribution in [3.63, 3.8) is 0 Å². The molecule has 5 heteroatoms. The number of methoxy groups -OCH3 is 1. The van der Waals surface area contributed by atoms with Crippen LogP contribution in [0.2, 0.25) is 0 Å². The summed E-state index contributed by atoms with van der Waals surface area (Å²) in [4.78, 5) is 16.8. The molecule has 0 unspecified atom stereocenters. The van der Waals surface area contributed by atoms with E-state index in [4.69, 9.17) is 4.74 Å². The minimum atomic E-state index is -0.158. The number of nitrogens with zero attached hydrogens (tertiary/aromatic N) is 1. The number of carbonyl (C=O) groups is 1. The summed E-state index contributed by atoms with van der Waals surface area (Å²) in [7, 11) is 1.62. The van der Waals surface area contributed by atoms with Gasteiger partial charge in [0.15, 0.2) is 0 Å². The molecule has 1 aromatic heterocycles. The Morgan fingerprint density at radius 3 is 2.62 bits per heavy atom. The molecule has 0 fully saturated rings. The van der Waals surface area contributed by atoms with Gasteiger partial charge in [0, 0.05) is 23.7 Å². The predicted octanol–water partition coefficient (Wildman–Crippen LogP) is 4.55. The Kier molecular flexibility index (Phi) is 5.12. The molecule has 0 saturated heterocycles. The Balaban J connectivity index is 1.54. The highest BCUT2D eigenvalue weighted by Crippen LogP contribution is 2.30. The third-order valence-corrected chi connectivity index (χ3v) is 4.75. The highest BCUT2D eigenvalue weighted by Gasteiger charge is 2.10. The van der Waals surface area contributed by atoms with Crippen molar-refractivity contribution in [3.05, 3.63) is 90.1 Å². The van der Waals surface area contributed by atoms with Crippen LogP contribution in [0.4, 0.5) is 0 Å². The summed E-state index contributed by atoms with van der Waals surface area (Å²) < 4.78 is 5.15. The van der Waals surface area contributed by atoms with Crippen molar-refractivity contribution in [1.29, 1.82) is 0 Å². The quantitative estimate of drug-likeness (QED) is 0.530. The van der Waals surface area contributed by atoms with Crippen molar-refractivity contribution < 1.29 is 14.6 Å². The fourth-order valence-corrected chi connectivity index (χ4v) is 3.21. The lowest BCUT2D eigenvalue weighted by Gasteiger charge is -2.09. The molecule has 0 aliphatic heterocycles. The molecule has 4 rings (SSSR count). The number of pyridine rings is 1. The lowest BCUT2D eigenvalue weighted by molar-refractivity contribution is 0.0951. The Hall–Kier alpha value is -3.86. The molecule has 0 atom stereocenters. The van der Waals surface area contributed by atoms with Gasteiger partial charge in [0.2, 0.25) is 0 Å². The molecule has 3 aromatic carbocycles. The minimum absolute atomic E-state index is 0.118. The number of carbonyl (C=O) groups excluding carboxylic acids is 1. The zero-order chi connectivity index (χ0) is 20.2. The number of hydrogen-bond acceptors (Lipinski definition) is 4. The van der Waals surface area contributed by atoms with Crippen LogP contribution in [0.5, 0.6) is 11.5 Å². The van der Waals surface area contributed by atoms with E-state index in [0.29, 0.717) is 17.6 Å². The largest absolute Gasteiger partial charge is 0.506 e. The van der Waals surface area contributed by atoms with Gasteiger partial charge >= 0.3 is 0 Å². The summed E-state index contributed by atoms with van der Waals surface area (Å²) in [6, 6.07) is 22.3. The van der Waals surface area contributed by atoms with E-state index in [2.05, 4.69) is 10.3 Å². The van der Waals surface area contributed by atoms with E-state index in [-0.39, 0.29) is 11.7 Å². The van der Waals surface area contributed by atoms with E-state index in [9.17, 15) is 9.90 Å². The van der Waals surface area contributed by atoms with Crippen molar-refractivity contribution >= 4 is 16.8 Å². The smallest absolute Gasteiger partial charge is 0.251 e. The summed E-state index contributed by atoms with van der Waals surface area (Å²) in [6.07, 6.45) is 1.65. The van der Waals surface area contributed by atoms with Crippen molar-refractivity contribution in [2.45, 2.75) is 6.54 Å². The minimum Gasteiger partial charge on any atom is -0.506 e. The zero-order valence-electron chi connectivity index (χ0n) is 15.9. The molecule has 144 valence electrons. The van der Waals surface area contributed by atoms with Crippen LogP contribution in [0.15, 0.2) is 79.0 Å². The molecule has 29 heavy (non-hydrogen) atoms. The van der Waals surface area contributed by atoms with Crippen LogP contribution in [0.3, 0.4) is 0 Å². The summed E-state index contributed by atoms with van der Waals surface area (Å²) in [5.41, 5.74) is 3.78. The van der Waals surface area contributed by atoms with Gasteiger partial charge in [-0.25, -0.2) is 0 Å². The van der Waals surface area contributed by atoms with E-state index in [1.54, 1.807) is 25.4 Å². The maximum absolute atomic E-state index is 12.6. The van der Waals surface area contributed by atoms with E-state index < -0.39 is 0 Å². The fourth-order valence-electron chi connectivity index (χ4n) is 3.21. The molecule has 2 N–H and O–H groups in total. The van der Waals surface area contributed by atoms with E-state index in [1.807, 2.05) is 60.7 Å². The Morgan fingerprint density at radius 2 is 1.83 bits per heavy atom. The number of amides is 1. The molecule has 0 radical (unpaired) electrons. The first-order valence-corrected chi connectivity index (χ1v) is 9.23. The number of fused-ring (bicyclic) bond motifs is 1. The lowest BCUT2D eigenvalue weighted by Crippen LogP contribution is -2.22. The second kappa shape index (κ2) is 8.02. The van der Waals surface area contributed by atoms with Crippen LogP contribution in [0, 0.1) is 0 Å². The van der Waals surface area contributed by atoms with Gasteiger partial charge in [-0.3, -0.25) is 9.78 Å². The van der Waals surface area contributed by atoms with Crippen LogP contribution < -0.4 is 10.1 Å². The predicted molar refractivity (Wildman–Crippen MR) is 113 cm³/mol. The first kappa shape index (κ1) is 18.5. The molecule has 4 aromatic rings. The number of hydrogen-bond donors (Lipinski definition) is 2. The molecular weight excluding hydrogens is 364 g/mol. The average molecular weight is 384 g/mol. The van der Waals surface area contributed by atoms with Gasteiger partial charge in [0.05, 0.1) is 7.11 Å². The van der Waals surface area contributed by atoms with E-state index in [1.165, 1.54) is 0 Å². The van der Waals surface area contributed by atoms with Gasteiger partial charge in [0.1, 0.15) is 17.0 Å². The van der Waals surface area contributed by atoms with Gasteiger partial charge in [-0.05, 0) is 59.2 Å². The molecule has 0 aliphatic carbocycles. The standard InChI is InChI=1S/C24H20N2O3/c1-29-21-9-7-16(8-10-21)15-26-24(28)19-5-2-4-17(12-19)20-13-18-6-3-11-25-23(18)22(27)14-20/h2-14,27H,15H2,1H3,(H,26,28). The summed E-state index contributed by atoms with van der Waals surface area (Å²) in [5.74, 6) is 0.739. The lowest BCUT2D eigenvalue weighted by atomic mass is 10.0. The molecule has 0 bridgehead atoms. The molecular formula is C24H20N2O3. The maximum atomic E-state index is 12.6. The number of phenols is 1. The average Bonchev–Trinajstić information content (AvgIpc) is 2.78. The second-order valence-corrected chi connectivity index (χ2v) is 6.68. The molecule has 1 amide bonds. The van der Waals surface area contributed by atoms with Crippen molar-refractivity contribution in [1.82, 2.24) is 10.3 Å². The van der Waals surface area contributed by atoms with Gasteiger partial charge in [-0.2, -0.15) is 0 Å². The summed E-state index contributed by atoms with van der Waals surface area (Å²) in [6.45, 7) is 0.426. The highest BCUT2D eigenvalue weighted by molar-refractivity contribution is 5.96. The number of nitrogens with one attached hydrogen (secondary N) is 1. The van der Waals surface area contributed by atoms with Crippen molar-refractivity contribution in [2.75, 3.05) is 7.11 Å². The first-order valence-electron chi connectivity index (χ1n) is 9.23. The third-order valence-electron chi connectivity index (χ3n) is 4.75. The van der Waals surface area contributed by atoms with Gasteiger partial charge in [-0.15, -0.1) is 0 Å². The maximum Gasteiger partial charge on any atom is 0.251 e. The number of aromatic hydroxyl groups is 1. The molecule has 0 saturated carbocycles. The Bertz CT molecular complexity index is 1170. The van der Waals surface area contributed by atoms with Gasteiger partial charge in [0.25, 0.3) is 5.91 Å². The number of rotatable bonds is 5. The summed E-state index contributed by atoms with van der Waals surface area (Å²) in [5, 5.41) is 14.1. The van der Waals surface area contributed by atoms with Gasteiger partial charge in [-0.1, -0.05) is 30.3 Å². The van der Waals surface area contributed by atoms with Crippen LogP contribution in [-0.4, -0.2) is 23.1 Å². The monoisotopic (exact) mass is 384 g/mol. The van der Waals surface area contributed by atoms with Gasteiger partial charge < -0.3 is 15.2 Å². The van der Waals surface area contributed by atoms with Crippen LogP contribution in [-0.2, 0) is 6.54 Å². The van der Waals surface area contributed by atoms with Crippen LogP contribution in [0.1, 0.15) is 15.9 Å². The topological polar surface area (TPSA) is 71.5 Å². The first-order chi connectivity index (χ1) is 14.1. The second-order valence-electron chi connectivity index (χ2n) is 6.68. The van der Waals surface area contributed by atoms with Crippen LogP contribution in [0.25, 0.3) is 22.0 Å². The Labute approximate surface area is 168 Å². The molecule has 0 aliphatic rings. The van der Waals surface area contributed by atoms with Crippen molar-refractivity contribution in [3.8, 4) is 22.6 Å². The Morgan fingerprint density at radius 1 is 1.00 bits per heavy atom. The van der Waals surface area contributed by atoms with E-state index >= 15 is 0 Å². The number of phenolic OH excluding ortho intramolecular Hbond substituents is 1. The summed E-state index contributed by atoms with van der Waals surface area (Å²) >= 11 is 0. The number of benzene rings is 3. The molecule has 1 heterocycles. The van der Waals surface area contributed by atoms with Crippen molar-refractivity contribution in [2.24, 2.45) is 0 Å². The van der Waals surface area contributed by atoms with Crippen LogP contribution >= 0.6 is 0 Å². The zero-order valence-corrected chi connectivity index (χ0v) is 15.9.